The molecule has 0 fully saturated rings. The van der Waals surface area contributed by atoms with Gasteiger partial charge in [0.15, 0.2) is 0 Å². The molecule has 17 heavy (non-hydrogen) atoms. The molecule has 1 aromatic rings. The van der Waals surface area contributed by atoms with Gasteiger partial charge in [0.1, 0.15) is 0 Å². The van der Waals surface area contributed by atoms with Gasteiger partial charge in [-0.2, -0.15) is 10.2 Å². The van der Waals surface area contributed by atoms with E-state index in [2.05, 4.69) is 56.9 Å². The second-order valence-corrected chi connectivity index (χ2v) is 5.70. The van der Waals surface area contributed by atoms with Gasteiger partial charge in [0.2, 0.25) is 0 Å². The highest BCUT2D eigenvalue weighted by Crippen LogP contribution is 2.24. The van der Waals surface area contributed by atoms with E-state index in [1.807, 2.05) is 0 Å². The van der Waals surface area contributed by atoms with Crippen LogP contribution in [-0.2, 0) is 11.8 Å². The van der Waals surface area contributed by atoms with Crippen LogP contribution in [0.5, 0.6) is 0 Å². The average Bonchev–Trinajstić information content (AvgIpc) is 2.36. The predicted octanol–water partition coefficient (Wildman–Crippen LogP) is 4.14. The number of nitrogens with zero attached hydrogens (tertiary/aromatic N) is 2. The summed E-state index contributed by atoms with van der Waals surface area (Å²) < 4.78 is 0. The van der Waals surface area contributed by atoms with Crippen LogP contribution in [0.3, 0.4) is 0 Å². The van der Waals surface area contributed by atoms with Gasteiger partial charge in [-0.05, 0) is 37.3 Å². The first kappa shape index (κ1) is 14.1. The van der Waals surface area contributed by atoms with E-state index in [9.17, 15) is 0 Å². The van der Waals surface area contributed by atoms with Crippen molar-refractivity contribution in [1.29, 1.82) is 0 Å². The van der Waals surface area contributed by atoms with Crippen molar-refractivity contribution in [2.45, 2.75) is 65.7 Å². The molecular formula is C15H26N2. The van der Waals surface area contributed by atoms with Crippen LogP contribution in [0.25, 0.3) is 0 Å². The molecule has 0 aromatic carbocycles. The van der Waals surface area contributed by atoms with Crippen LogP contribution < -0.4 is 0 Å². The minimum absolute atomic E-state index is 0.141. The van der Waals surface area contributed by atoms with Gasteiger partial charge < -0.3 is 0 Å². The number of hydrogen-bond acceptors (Lipinski definition) is 2. The number of aromatic nitrogens is 2. The predicted molar refractivity (Wildman–Crippen MR) is 73.1 cm³/mol. The molecule has 1 heterocycles. The Balaban J connectivity index is 2.62. The summed E-state index contributed by atoms with van der Waals surface area (Å²) in [5, 5.41) is 8.72. The fourth-order valence-electron chi connectivity index (χ4n) is 1.63. The maximum absolute atomic E-state index is 4.37. The largest absolute Gasteiger partial charge is 0.155 e. The Hall–Kier alpha value is -0.920. The van der Waals surface area contributed by atoms with Crippen LogP contribution >= 0.6 is 0 Å². The molecule has 2 nitrogen and oxygen atoms in total. The summed E-state index contributed by atoms with van der Waals surface area (Å²) in [4.78, 5) is 0. The molecule has 0 bridgehead atoms. The Kier molecular flexibility index (Phi) is 5.10. The van der Waals surface area contributed by atoms with Crippen LogP contribution in [0, 0.1) is 5.92 Å². The van der Waals surface area contributed by atoms with E-state index in [1.54, 1.807) is 0 Å². The lowest BCUT2D eigenvalue weighted by Gasteiger charge is -2.21. The molecule has 0 aliphatic rings. The molecule has 2 heteroatoms. The van der Waals surface area contributed by atoms with Crippen LogP contribution in [-0.4, -0.2) is 10.2 Å². The third-order valence-electron chi connectivity index (χ3n) is 3.89. The van der Waals surface area contributed by atoms with E-state index >= 15 is 0 Å². The third-order valence-corrected chi connectivity index (χ3v) is 3.89. The van der Waals surface area contributed by atoms with Crippen molar-refractivity contribution in [1.82, 2.24) is 10.2 Å². The maximum Gasteiger partial charge on any atom is 0.0687 e. The van der Waals surface area contributed by atoms with Crippen molar-refractivity contribution in [2.24, 2.45) is 5.92 Å². The summed E-state index contributed by atoms with van der Waals surface area (Å²) >= 11 is 0. The SMILES string of the molecule is CCC(C)CCc1ccc(C(C)(C)CC)nn1. The summed E-state index contributed by atoms with van der Waals surface area (Å²) in [7, 11) is 0. The quantitative estimate of drug-likeness (QED) is 0.739. The zero-order valence-electron chi connectivity index (χ0n) is 12.0. The lowest BCUT2D eigenvalue weighted by Crippen LogP contribution is -2.18. The molecule has 1 unspecified atom stereocenters. The average molecular weight is 234 g/mol. The first-order valence-corrected chi connectivity index (χ1v) is 6.82. The molecule has 1 rings (SSSR count). The summed E-state index contributed by atoms with van der Waals surface area (Å²) in [6.07, 6.45) is 4.60. The minimum atomic E-state index is 0.141. The lowest BCUT2D eigenvalue weighted by molar-refractivity contribution is 0.479. The highest BCUT2D eigenvalue weighted by atomic mass is 15.1. The first-order valence-electron chi connectivity index (χ1n) is 6.82. The highest BCUT2D eigenvalue weighted by Gasteiger charge is 2.19. The van der Waals surface area contributed by atoms with E-state index in [0.29, 0.717) is 0 Å². The topological polar surface area (TPSA) is 25.8 Å². The van der Waals surface area contributed by atoms with Gasteiger partial charge >= 0.3 is 0 Å². The molecule has 0 saturated heterocycles. The van der Waals surface area contributed by atoms with Gasteiger partial charge in [-0.3, -0.25) is 0 Å². The summed E-state index contributed by atoms with van der Waals surface area (Å²) in [6, 6.07) is 4.28. The molecule has 0 radical (unpaired) electrons. The third kappa shape index (κ3) is 4.10. The monoisotopic (exact) mass is 234 g/mol. The standard InChI is InChI=1S/C15H26N2/c1-6-12(3)8-9-13-10-11-14(17-16-13)15(4,5)7-2/h10-12H,6-9H2,1-5H3. The summed E-state index contributed by atoms with van der Waals surface area (Å²) in [6.45, 7) is 11.2. The smallest absolute Gasteiger partial charge is 0.0687 e. The number of hydrogen-bond donors (Lipinski definition) is 0. The van der Waals surface area contributed by atoms with Crippen molar-refractivity contribution in [3.63, 3.8) is 0 Å². The van der Waals surface area contributed by atoms with Crippen LogP contribution in [0.4, 0.5) is 0 Å². The molecule has 0 saturated carbocycles. The van der Waals surface area contributed by atoms with E-state index in [0.717, 1.165) is 30.1 Å². The Labute approximate surface area is 106 Å². The van der Waals surface area contributed by atoms with Crippen LogP contribution in [0.15, 0.2) is 12.1 Å². The molecule has 1 atom stereocenters. The van der Waals surface area contributed by atoms with Gasteiger partial charge in [0.25, 0.3) is 0 Å². The van der Waals surface area contributed by atoms with Crippen molar-refractivity contribution < 1.29 is 0 Å². The highest BCUT2D eigenvalue weighted by molar-refractivity contribution is 5.15. The Bertz CT molecular complexity index is 327. The van der Waals surface area contributed by atoms with Crippen molar-refractivity contribution in [3.8, 4) is 0 Å². The first-order chi connectivity index (χ1) is 7.99. The van der Waals surface area contributed by atoms with Crippen molar-refractivity contribution >= 4 is 0 Å². The van der Waals surface area contributed by atoms with Gasteiger partial charge in [0.05, 0.1) is 11.4 Å². The summed E-state index contributed by atoms with van der Waals surface area (Å²) in [5.74, 6) is 0.781. The fraction of sp³-hybridized carbons (Fsp3) is 0.733. The van der Waals surface area contributed by atoms with Crippen LogP contribution in [0.1, 0.15) is 65.3 Å². The van der Waals surface area contributed by atoms with E-state index in [1.165, 1.54) is 12.8 Å². The molecular weight excluding hydrogens is 208 g/mol. The Morgan fingerprint density at radius 1 is 1.18 bits per heavy atom. The molecule has 0 aliphatic carbocycles. The van der Waals surface area contributed by atoms with E-state index in [4.69, 9.17) is 0 Å². The molecule has 96 valence electrons. The Morgan fingerprint density at radius 3 is 2.35 bits per heavy atom. The summed E-state index contributed by atoms with van der Waals surface area (Å²) in [5.41, 5.74) is 2.37. The Morgan fingerprint density at radius 2 is 1.88 bits per heavy atom. The maximum atomic E-state index is 4.37. The van der Waals surface area contributed by atoms with Crippen molar-refractivity contribution in [3.05, 3.63) is 23.5 Å². The van der Waals surface area contributed by atoms with Crippen LogP contribution in [0.2, 0.25) is 0 Å². The number of rotatable bonds is 6. The lowest BCUT2D eigenvalue weighted by atomic mass is 9.86. The van der Waals surface area contributed by atoms with Crippen molar-refractivity contribution in [2.75, 3.05) is 0 Å². The minimum Gasteiger partial charge on any atom is -0.155 e. The molecule has 0 N–H and O–H groups in total. The van der Waals surface area contributed by atoms with Gasteiger partial charge in [-0.1, -0.05) is 41.0 Å². The van der Waals surface area contributed by atoms with E-state index in [-0.39, 0.29) is 5.41 Å². The van der Waals surface area contributed by atoms with Gasteiger partial charge in [-0.25, -0.2) is 0 Å². The van der Waals surface area contributed by atoms with Gasteiger partial charge in [0, 0.05) is 5.41 Å². The molecule has 1 aromatic heterocycles. The zero-order chi connectivity index (χ0) is 12.9. The molecule has 0 aliphatic heterocycles. The fourth-order valence-corrected chi connectivity index (χ4v) is 1.63. The van der Waals surface area contributed by atoms with Gasteiger partial charge in [-0.15, -0.1) is 0 Å². The second kappa shape index (κ2) is 6.13. The second-order valence-electron chi connectivity index (χ2n) is 5.70. The number of aryl methyl sites for hydroxylation is 1. The molecule has 0 amide bonds. The normalized spacial score (nSPS) is 13.7. The zero-order valence-corrected chi connectivity index (χ0v) is 12.0. The molecule has 0 spiro atoms. The van der Waals surface area contributed by atoms with E-state index < -0.39 is 0 Å².